The van der Waals surface area contributed by atoms with Gasteiger partial charge in [0.25, 0.3) is 0 Å². The van der Waals surface area contributed by atoms with Crippen molar-refractivity contribution in [1.82, 2.24) is 0 Å². The van der Waals surface area contributed by atoms with Crippen LogP contribution in [0.3, 0.4) is 0 Å². The maximum absolute atomic E-state index is 13.0. The third-order valence-electron chi connectivity index (χ3n) is 1.46. The van der Waals surface area contributed by atoms with Crippen molar-refractivity contribution >= 4 is 31.9 Å². The maximum Gasteiger partial charge on any atom is 0.166 e. The monoisotopic (exact) mass is 296 g/mol. The highest BCUT2D eigenvalue weighted by Gasteiger charge is 2.06. The number of methoxy groups -OCH3 is 1. The molecular formula is C8H7Br2FO. The van der Waals surface area contributed by atoms with Crippen LogP contribution in [0.2, 0.25) is 0 Å². The molecule has 4 heteroatoms. The Kier molecular flexibility index (Phi) is 3.53. The van der Waals surface area contributed by atoms with Crippen molar-refractivity contribution in [3.8, 4) is 5.75 Å². The molecule has 0 aromatic heterocycles. The molecule has 0 aliphatic rings. The smallest absolute Gasteiger partial charge is 0.166 e. The molecule has 1 aromatic rings. The van der Waals surface area contributed by atoms with E-state index in [1.54, 1.807) is 6.07 Å². The van der Waals surface area contributed by atoms with Gasteiger partial charge in [-0.3, -0.25) is 0 Å². The standard InChI is InChI=1S/C8H7Br2FO/c1-12-8-2-5(4-9)6(10)3-7(8)11/h2-3H,4H2,1H3. The number of halogens is 3. The molecule has 66 valence electrons. The van der Waals surface area contributed by atoms with Gasteiger partial charge < -0.3 is 4.74 Å². The van der Waals surface area contributed by atoms with E-state index < -0.39 is 0 Å². The summed E-state index contributed by atoms with van der Waals surface area (Å²) in [5.41, 5.74) is 0.966. The van der Waals surface area contributed by atoms with Gasteiger partial charge in [0, 0.05) is 9.80 Å². The summed E-state index contributed by atoms with van der Waals surface area (Å²) in [5.74, 6) is -0.0817. The van der Waals surface area contributed by atoms with Gasteiger partial charge in [-0.15, -0.1) is 0 Å². The first-order chi connectivity index (χ1) is 5.69. The van der Waals surface area contributed by atoms with Gasteiger partial charge in [0.1, 0.15) is 0 Å². The fourth-order valence-corrected chi connectivity index (χ4v) is 2.13. The average Bonchev–Trinajstić information content (AvgIpc) is 2.05. The lowest BCUT2D eigenvalue weighted by Crippen LogP contribution is -1.90. The van der Waals surface area contributed by atoms with E-state index in [1.807, 2.05) is 0 Å². The van der Waals surface area contributed by atoms with E-state index in [2.05, 4.69) is 31.9 Å². The summed E-state index contributed by atoms with van der Waals surface area (Å²) < 4.78 is 18.6. The van der Waals surface area contributed by atoms with Gasteiger partial charge in [-0.1, -0.05) is 31.9 Å². The van der Waals surface area contributed by atoms with Crippen molar-refractivity contribution < 1.29 is 9.13 Å². The van der Waals surface area contributed by atoms with Crippen molar-refractivity contribution in [3.63, 3.8) is 0 Å². The third kappa shape index (κ3) is 1.98. The lowest BCUT2D eigenvalue weighted by Gasteiger charge is -2.05. The second-order valence-electron chi connectivity index (χ2n) is 2.21. The Morgan fingerprint density at radius 3 is 2.67 bits per heavy atom. The van der Waals surface area contributed by atoms with Crippen LogP contribution >= 0.6 is 31.9 Å². The highest BCUT2D eigenvalue weighted by molar-refractivity contribution is 9.10. The first-order valence-corrected chi connectivity index (χ1v) is 5.18. The molecule has 0 saturated carbocycles. The summed E-state index contributed by atoms with van der Waals surface area (Å²) in [4.78, 5) is 0. The number of hydrogen-bond donors (Lipinski definition) is 0. The molecule has 0 unspecified atom stereocenters. The van der Waals surface area contributed by atoms with E-state index in [1.165, 1.54) is 13.2 Å². The molecule has 0 aliphatic carbocycles. The van der Waals surface area contributed by atoms with Crippen molar-refractivity contribution in [2.24, 2.45) is 0 Å². The Hall–Kier alpha value is -0.0900. The predicted molar refractivity (Wildman–Crippen MR) is 53.3 cm³/mol. The summed E-state index contributed by atoms with van der Waals surface area (Å²) >= 11 is 6.53. The summed E-state index contributed by atoms with van der Waals surface area (Å²) in [6.07, 6.45) is 0. The molecule has 0 spiro atoms. The fraction of sp³-hybridized carbons (Fsp3) is 0.250. The van der Waals surface area contributed by atoms with Gasteiger partial charge in [-0.05, 0) is 17.7 Å². The Labute approximate surface area is 87.2 Å². The van der Waals surface area contributed by atoms with Gasteiger partial charge in [-0.25, -0.2) is 4.39 Å². The molecule has 0 N–H and O–H groups in total. The molecule has 0 atom stereocenters. The number of ether oxygens (including phenoxy) is 1. The van der Waals surface area contributed by atoms with Crippen LogP contribution in [0, 0.1) is 5.82 Å². The number of benzene rings is 1. The predicted octanol–water partition coefficient (Wildman–Crippen LogP) is 3.49. The van der Waals surface area contributed by atoms with E-state index in [9.17, 15) is 4.39 Å². The maximum atomic E-state index is 13.0. The van der Waals surface area contributed by atoms with Crippen LogP contribution in [0.25, 0.3) is 0 Å². The summed E-state index contributed by atoms with van der Waals surface area (Å²) in [6.45, 7) is 0. The molecule has 0 aliphatic heterocycles. The van der Waals surface area contributed by atoms with Crippen molar-refractivity contribution in [3.05, 3.63) is 28.0 Å². The van der Waals surface area contributed by atoms with Crippen LogP contribution in [-0.4, -0.2) is 7.11 Å². The minimum Gasteiger partial charge on any atom is -0.494 e. The number of rotatable bonds is 2. The van der Waals surface area contributed by atoms with Crippen LogP contribution in [-0.2, 0) is 5.33 Å². The summed E-state index contributed by atoms with van der Waals surface area (Å²) in [5, 5.41) is 0.671. The zero-order valence-corrected chi connectivity index (χ0v) is 9.58. The number of alkyl halides is 1. The first-order valence-electron chi connectivity index (χ1n) is 3.27. The van der Waals surface area contributed by atoms with Gasteiger partial charge in [0.05, 0.1) is 7.11 Å². The number of hydrogen-bond acceptors (Lipinski definition) is 1. The van der Waals surface area contributed by atoms with Crippen LogP contribution < -0.4 is 4.74 Å². The highest BCUT2D eigenvalue weighted by Crippen LogP contribution is 2.27. The van der Waals surface area contributed by atoms with E-state index in [0.717, 1.165) is 10.0 Å². The van der Waals surface area contributed by atoms with Crippen LogP contribution in [0.1, 0.15) is 5.56 Å². The fourth-order valence-electron chi connectivity index (χ4n) is 0.830. The molecule has 0 saturated heterocycles. The Bertz CT molecular complexity index is 263. The average molecular weight is 298 g/mol. The Balaban J connectivity index is 3.18. The minimum absolute atomic E-state index is 0.271. The topological polar surface area (TPSA) is 9.23 Å². The molecule has 1 nitrogen and oxygen atoms in total. The van der Waals surface area contributed by atoms with Crippen molar-refractivity contribution in [2.75, 3.05) is 7.11 Å². The lowest BCUT2D eigenvalue weighted by atomic mass is 10.2. The van der Waals surface area contributed by atoms with Crippen LogP contribution in [0.4, 0.5) is 4.39 Å². The van der Waals surface area contributed by atoms with Gasteiger partial charge >= 0.3 is 0 Å². The largest absolute Gasteiger partial charge is 0.494 e. The van der Waals surface area contributed by atoms with Crippen molar-refractivity contribution in [1.29, 1.82) is 0 Å². The minimum atomic E-state index is -0.353. The zero-order valence-electron chi connectivity index (χ0n) is 6.40. The molecule has 1 aromatic carbocycles. The van der Waals surface area contributed by atoms with Gasteiger partial charge in [0.2, 0.25) is 0 Å². The quantitative estimate of drug-likeness (QED) is 0.759. The second-order valence-corrected chi connectivity index (χ2v) is 3.63. The SMILES string of the molecule is COc1cc(CBr)c(Br)cc1F. The van der Waals surface area contributed by atoms with E-state index in [-0.39, 0.29) is 11.6 Å². The second kappa shape index (κ2) is 4.23. The van der Waals surface area contributed by atoms with E-state index in [0.29, 0.717) is 5.33 Å². The van der Waals surface area contributed by atoms with Crippen LogP contribution in [0.5, 0.6) is 5.75 Å². The lowest BCUT2D eigenvalue weighted by molar-refractivity contribution is 0.386. The first kappa shape index (κ1) is 9.99. The van der Waals surface area contributed by atoms with E-state index in [4.69, 9.17) is 4.74 Å². The van der Waals surface area contributed by atoms with Crippen LogP contribution in [0.15, 0.2) is 16.6 Å². The summed E-state index contributed by atoms with van der Waals surface area (Å²) in [6, 6.07) is 3.06. The summed E-state index contributed by atoms with van der Waals surface area (Å²) in [7, 11) is 1.45. The molecule has 0 fully saturated rings. The molecular weight excluding hydrogens is 291 g/mol. The molecule has 0 radical (unpaired) electrons. The molecule has 12 heavy (non-hydrogen) atoms. The third-order valence-corrected chi connectivity index (χ3v) is 2.81. The highest BCUT2D eigenvalue weighted by atomic mass is 79.9. The van der Waals surface area contributed by atoms with E-state index >= 15 is 0 Å². The van der Waals surface area contributed by atoms with Gasteiger partial charge in [-0.2, -0.15) is 0 Å². The molecule has 0 bridgehead atoms. The molecule has 1 rings (SSSR count). The zero-order chi connectivity index (χ0) is 9.14. The Morgan fingerprint density at radius 1 is 1.50 bits per heavy atom. The van der Waals surface area contributed by atoms with Crippen molar-refractivity contribution in [2.45, 2.75) is 5.33 Å². The van der Waals surface area contributed by atoms with Gasteiger partial charge in [0.15, 0.2) is 11.6 Å². The molecule has 0 amide bonds. The Morgan fingerprint density at radius 2 is 2.17 bits per heavy atom. The normalized spacial score (nSPS) is 10.0. The molecule has 0 heterocycles.